The zero-order chi connectivity index (χ0) is 12.5. The summed E-state index contributed by atoms with van der Waals surface area (Å²) < 4.78 is 0. The molecule has 0 fully saturated rings. The summed E-state index contributed by atoms with van der Waals surface area (Å²) in [7, 11) is 0. The van der Waals surface area contributed by atoms with E-state index in [1.165, 1.54) is 4.90 Å². The molecule has 0 aliphatic rings. The topological polar surface area (TPSA) is 29.1 Å². The average Bonchev–Trinajstić information content (AvgIpc) is 2.37. The molecular weight excluding hydrogens is 230 g/mol. The molecule has 0 saturated carbocycles. The van der Waals surface area contributed by atoms with E-state index in [2.05, 4.69) is 31.3 Å². The fourth-order valence-electron chi connectivity index (χ4n) is 1.57. The van der Waals surface area contributed by atoms with Gasteiger partial charge in [-0.3, -0.25) is 4.79 Å². The predicted molar refractivity (Wildman–Crippen MR) is 74.3 cm³/mol. The number of carbonyl (C=O) groups excluding carboxylic acids is 1. The molecule has 0 heterocycles. The van der Waals surface area contributed by atoms with Crippen molar-refractivity contribution in [3.8, 4) is 0 Å². The van der Waals surface area contributed by atoms with E-state index in [0.717, 1.165) is 18.6 Å². The molecule has 1 aromatic carbocycles. The smallest absolute Gasteiger partial charge is 0.221 e. The maximum atomic E-state index is 11.6. The van der Waals surface area contributed by atoms with E-state index in [1.807, 2.05) is 18.2 Å². The molecule has 1 aromatic rings. The van der Waals surface area contributed by atoms with Crippen molar-refractivity contribution in [2.75, 3.05) is 5.75 Å². The van der Waals surface area contributed by atoms with Crippen LogP contribution >= 0.6 is 11.8 Å². The second-order valence-corrected chi connectivity index (χ2v) is 5.16. The van der Waals surface area contributed by atoms with Gasteiger partial charge in [-0.1, -0.05) is 32.0 Å². The summed E-state index contributed by atoms with van der Waals surface area (Å²) in [4.78, 5) is 12.9. The van der Waals surface area contributed by atoms with Gasteiger partial charge in [-0.25, -0.2) is 0 Å². The van der Waals surface area contributed by atoms with Crippen molar-refractivity contribution >= 4 is 17.7 Å². The Hall–Kier alpha value is -0.960. The van der Waals surface area contributed by atoms with Crippen LogP contribution in [0.5, 0.6) is 0 Å². The Morgan fingerprint density at radius 1 is 1.24 bits per heavy atom. The minimum Gasteiger partial charge on any atom is -0.353 e. The Labute approximate surface area is 108 Å². The number of rotatable bonds is 7. The fraction of sp³-hybridized carbons (Fsp3) is 0.500. The van der Waals surface area contributed by atoms with Crippen LogP contribution < -0.4 is 5.32 Å². The van der Waals surface area contributed by atoms with Gasteiger partial charge in [-0.15, -0.1) is 11.8 Å². The first kappa shape index (κ1) is 14.1. The molecule has 2 nitrogen and oxygen atoms in total. The molecule has 0 saturated heterocycles. The van der Waals surface area contributed by atoms with Gasteiger partial charge in [0.15, 0.2) is 0 Å². The lowest BCUT2D eigenvalue weighted by Gasteiger charge is -2.14. The molecule has 1 amide bonds. The van der Waals surface area contributed by atoms with Crippen molar-refractivity contribution < 1.29 is 4.79 Å². The van der Waals surface area contributed by atoms with Crippen molar-refractivity contribution in [3.05, 3.63) is 30.3 Å². The van der Waals surface area contributed by atoms with E-state index in [1.54, 1.807) is 11.8 Å². The van der Waals surface area contributed by atoms with Gasteiger partial charge in [0, 0.05) is 23.1 Å². The zero-order valence-electron chi connectivity index (χ0n) is 10.6. The van der Waals surface area contributed by atoms with E-state index in [0.29, 0.717) is 12.5 Å². The van der Waals surface area contributed by atoms with E-state index in [-0.39, 0.29) is 5.91 Å². The minimum atomic E-state index is 0.169. The number of nitrogens with one attached hydrogen (secondary N) is 1. The van der Waals surface area contributed by atoms with Crippen LogP contribution in [-0.2, 0) is 4.79 Å². The summed E-state index contributed by atoms with van der Waals surface area (Å²) in [6.07, 6.45) is 2.61. The molecule has 0 aromatic heterocycles. The Kier molecular flexibility index (Phi) is 6.78. The average molecular weight is 251 g/mol. The van der Waals surface area contributed by atoms with Crippen LogP contribution in [0.2, 0.25) is 0 Å². The van der Waals surface area contributed by atoms with E-state index in [4.69, 9.17) is 0 Å². The number of hydrogen-bond acceptors (Lipinski definition) is 2. The first-order chi connectivity index (χ1) is 8.26. The third-order valence-electron chi connectivity index (χ3n) is 2.69. The normalized spacial score (nSPS) is 10.5. The molecule has 1 rings (SSSR count). The molecule has 17 heavy (non-hydrogen) atoms. The number of amides is 1. The first-order valence-corrected chi connectivity index (χ1v) is 7.22. The van der Waals surface area contributed by atoms with Crippen LogP contribution in [0.25, 0.3) is 0 Å². The highest BCUT2D eigenvalue weighted by atomic mass is 32.2. The van der Waals surface area contributed by atoms with E-state index in [9.17, 15) is 4.79 Å². The van der Waals surface area contributed by atoms with Gasteiger partial charge in [0.1, 0.15) is 0 Å². The first-order valence-electron chi connectivity index (χ1n) is 6.23. The van der Waals surface area contributed by atoms with Gasteiger partial charge in [-0.2, -0.15) is 0 Å². The lowest BCUT2D eigenvalue weighted by atomic mass is 10.2. The standard InChI is InChI=1S/C14H21NOS/c1-3-12(4-2)15-14(16)10-11-17-13-8-6-5-7-9-13/h5-9,12H,3-4,10-11H2,1-2H3,(H,15,16). The summed E-state index contributed by atoms with van der Waals surface area (Å²) in [6, 6.07) is 10.5. The fourth-order valence-corrected chi connectivity index (χ4v) is 2.44. The highest BCUT2D eigenvalue weighted by Crippen LogP contribution is 2.17. The van der Waals surface area contributed by atoms with Gasteiger partial charge in [-0.05, 0) is 25.0 Å². The van der Waals surface area contributed by atoms with Crippen LogP contribution in [0.15, 0.2) is 35.2 Å². The molecule has 0 atom stereocenters. The van der Waals surface area contributed by atoms with Crippen LogP contribution in [0.1, 0.15) is 33.1 Å². The molecule has 3 heteroatoms. The molecule has 0 unspecified atom stereocenters. The van der Waals surface area contributed by atoms with Crippen LogP contribution in [0.4, 0.5) is 0 Å². The predicted octanol–water partition coefficient (Wildman–Crippen LogP) is 3.47. The highest BCUT2D eigenvalue weighted by Gasteiger charge is 2.07. The Morgan fingerprint density at radius 3 is 2.47 bits per heavy atom. The number of carbonyl (C=O) groups is 1. The van der Waals surface area contributed by atoms with Gasteiger partial charge in [0.25, 0.3) is 0 Å². The van der Waals surface area contributed by atoms with Crippen LogP contribution in [0, 0.1) is 0 Å². The molecule has 94 valence electrons. The van der Waals surface area contributed by atoms with Gasteiger partial charge in [0.05, 0.1) is 0 Å². The maximum Gasteiger partial charge on any atom is 0.221 e. The van der Waals surface area contributed by atoms with Gasteiger partial charge < -0.3 is 5.32 Å². The summed E-state index contributed by atoms with van der Waals surface area (Å²) >= 11 is 1.73. The Morgan fingerprint density at radius 2 is 1.88 bits per heavy atom. The Balaban J connectivity index is 2.20. The summed E-state index contributed by atoms with van der Waals surface area (Å²) in [5.41, 5.74) is 0. The summed E-state index contributed by atoms with van der Waals surface area (Å²) in [5, 5.41) is 3.05. The van der Waals surface area contributed by atoms with Crippen molar-refractivity contribution in [1.29, 1.82) is 0 Å². The van der Waals surface area contributed by atoms with Crippen molar-refractivity contribution in [2.45, 2.75) is 44.0 Å². The molecule has 0 bridgehead atoms. The quantitative estimate of drug-likeness (QED) is 0.752. The second-order valence-electron chi connectivity index (χ2n) is 3.99. The Bertz CT molecular complexity index is 322. The third kappa shape index (κ3) is 5.78. The zero-order valence-corrected chi connectivity index (χ0v) is 11.4. The third-order valence-corrected chi connectivity index (χ3v) is 3.71. The highest BCUT2D eigenvalue weighted by molar-refractivity contribution is 7.99. The van der Waals surface area contributed by atoms with Crippen LogP contribution in [-0.4, -0.2) is 17.7 Å². The van der Waals surface area contributed by atoms with Crippen molar-refractivity contribution in [1.82, 2.24) is 5.32 Å². The number of hydrogen-bond donors (Lipinski definition) is 1. The SMILES string of the molecule is CCC(CC)NC(=O)CCSc1ccccc1. The molecule has 0 aliphatic heterocycles. The lowest BCUT2D eigenvalue weighted by molar-refractivity contribution is -0.121. The molecule has 1 N–H and O–H groups in total. The lowest BCUT2D eigenvalue weighted by Crippen LogP contribution is -2.33. The molecular formula is C14H21NOS. The molecule has 0 radical (unpaired) electrons. The van der Waals surface area contributed by atoms with Crippen molar-refractivity contribution in [2.24, 2.45) is 0 Å². The molecule has 0 spiro atoms. The maximum absolute atomic E-state index is 11.6. The molecule has 0 aliphatic carbocycles. The summed E-state index contributed by atoms with van der Waals surface area (Å²) in [6.45, 7) is 4.21. The summed E-state index contributed by atoms with van der Waals surface area (Å²) in [5.74, 6) is 1.01. The van der Waals surface area contributed by atoms with Crippen LogP contribution in [0.3, 0.4) is 0 Å². The van der Waals surface area contributed by atoms with Gasteiger partial charge in [0.2, 0.25) is 5.91 Å². The van der Waals surface area contributed by atoms with Gasteiger partial charge >= 0.3 is 0 Å². The minimum absolute atomic E-state index is 0.169. The monoisotopic (exact) mass is 251 g/mol. The van der Waals surface area contributed by atoms with E-state index < -0.39 is 0 Å². The largest absolute Gasteiger partial charge is 0.353 e. The second kappa shape index (κ2) is 8.18. The number of benzene rings is 1. The van der Waals surface area contributed by atoms with Crippen molar-refractivity contribution in [3.63, 3.8) is 0 Å². The number of thioether (sulfide) groups is 1. The van der Waals surface area contributed by atoms with E-state index >= 15 is 0 Å².